The van der Waals surface area contributed by atoms with Gasteiger partial charge >= 0.3 is 0 Å². The van der Waals surface area contributed by atoms with Gasteiger partial charge in [0, 0.05) is 12.3 Å². The molecule has 0 aliphatic carbocycles. The third-order valence-corrected chi connectivity index (χ3v) is 4.45. The van der Waals surface area contributed by atoms with Gasteiger partial charge in [-0.2, -0.15) is 0 Å². The van der Waals surface area contributed by atoms with Gasteiger partial charge in [-0.15, -0.1) is 0 Å². The molecular weight excluding hydrogens is 356 g/mol. The van der Waals surface area contributed by atoms with Gasteiger partial charge in [0.1, 0.15) is 12.6 Å². The van der Waals surface area contributed by atoms with Gasteiger partial charge in [0.25, 0.3) is 5.56 Å². The standard InChI is InChI=1S/C18H15ClN4O3/c19-12-5-6-16(20-7-12)26-13-8-22(9-13)17(24)10-23-11-21-15-4-2-1-3-14(15)18(23)25/h1-7,11,13H,8-10H2. The molecule has 3 heterocycles. The topological polar surface area (TPSA) is 77.3 Å². The van der Waals surface area contributed by atoms with Crippen LogP contribution in [0, 0.1) is 0 Å². The maximum atomic E-state index is 12.4. The Morgan fingerprint density at radius 1 is 1.19 bits per heavy atom. The van der Waals surface area contributed by atoms with Crippen LogP contribution in [0.2, 0.25) is 5.02 Å². The Balaban J connectivity index is 1.37. The largest absolute Gasteiger partial charge is 0.471 e. The number of nitrogens with zero attached hydrogens (tertiary/aromatic N) is 4. The number of halogens is 1. The highest BCUT2D eigenvalue weighted by Crippen LogP contribution is 2.18. The van der Waals surface area contributed by atoms with E-state index in [0.717, 1.165) is 0 Å². The van der Waals surface area contributed by atoms with E-state index < -0.39 is 0 Å². The summed E-state index contributed by atoms with van der Waals surface area (Å²) >= 11 is 5.78. The minimum Gasteiger partial charge on any atom is -0.471 e. The van der Waals surface area contributed by atoms with Gasteiger partial charge < -0.3 is 9.64 Å². The highest BCUT2D eigenvalue weighted by atomic mass is 35.5. The van der Waals surface area contributed by atoms with Crippen LogP contribution in [0.3, 0.4) is 0 Å². The molecule has 4 rings (SSSR count). The smallest absolute Gasteiger partial charge is 0.261 e. The van der Waals surface area contributed by atoms with Crippen LogP contribution >= 0.6 is 11.6 Å². The number of rotatable bonds is 4. The summed E-state index contributed by atoms with van der Waals surface area (Å²) < 4.78 is 7.01. The fourth-order valence-electron chi connectivity index (χ4n) is 2.78. The molecule has 132 valence electrons. The van der Waals surface area contributed by atoms with E-state index in [-0.39, 0.29) is 24.1 Å². The number of hydrogen-bond donors (Lipinski definition) is 0. The fourth-order valence-corrected chi connectivity index (χ4v) is 2.90. The average Bonchev–Trinajstić information content (AvgIpc) is 2.62. The van der Waals surface area contributed by atoms with E-state index in [0.29, 0.717) is 34.9 Å². The van der Waals surface area contributed by atoms with E-state index in [2.05, 4.69) is 9.97 Å². The molecule has 0 saturated carbocycles. The second kappa shape index (κ2) is 6.76. The molecule has 1 aliphatic rings. The predicted molar refractivity (Wildman–Crippen MR) is 96.2 cm³/mol. The van der Waals surface area contributed by atoms with Crippen molar-refractivity contribution < 1.29 is 9.53 Å². The highest BCUT2D eigenvalue weighted by Gasteiger charge is 2.32. The molecular formula is C18H15ClN4O3. The number of likely N-dealkylation sites (tertiary alicyclic amines) is 1. The summed E-state index contributed by atoms with van der Waals surface area (Å²) in [6, 6.07) is 10.5. The zero-order valence-corrected chi connectivity index (χ0v) is 14.5. The summed E-state index contributed by atoms with van der Waals surface area (Å²) in [6.07, 6.45) is 2.81. The molecule has 7 nitrogen and oxygen atoms in total. The van der Waals surface area contributed by atoms with Crippen molar-refractivity contribution in [1.82, 2.24) is 19.4 Å². The number of pyridine rings is 1. The quantitative estimate of drug-likeness (QED) is 0.699. The number of carbonyl (C=O) groups excluding carboxylic acids is 1. The molecule has 0 radical (unpaired) electrons. The van der Waals surface area contributed by atoms with E-state index in [1.165, 1.54) is 17.1 Å². The SMILES string of the molecule is O=C(Cn1cnc2ccccc2c1=O)N1CC(Oc2ccc(Cl)cn2)C1. The van der Waals surface area contributed by atoms with E-state index in [9.17, 15) is 9.59 Å². The first-order valence-corrected chi connectivity index (χ1v) is 8.48. The van der Waals surface area contributed by atoms with Crippen molar-refractivity contribution in [3.05, 3.63) is 64.3 Å². The number of ether oxygens (including phenoxy) is 1. The van der Waals surface area contributed by atoms with Crippen LogP contribution in [0.1, 0.15) is 0 Å². The second-order valence-corrected chi connectivity index (χ2v) is 6.48. The second-order valence-electron chi connectivity index (χ2n) is 6.05. The third kappa shape index (κ3) is 3.25. The molecule has 0 bridgehead atoms. The van der Waals surface area contributed by atoms with Crippen molar-refractivity contribution in [3.63, 3.8) is 0 Å². The van der Waals surface area contributed by atoms with Crippen LogP contribution in [0.25, 0.3) is 10.9 Å². The summed E-state index contributed by atoms with van der Waals surface area (Å²) in [5.41, 5.74) is 0.400. The lowest BCUT2D eigenvalue weighted by Crippen LogP contribution is -2.57. The lowest BCUT2D eigenvalue weighted by atomic mass is 10.1. The Morgan fingerprint density at radius 3 is 2.77 bits per heavy atom. The van der Waals surface area contributed by atoms with Crippen LogP contribution in [0.5, 0.6) is 5.88 Å². The molecule has 8 heteroatoms. The number of fused-ring (bicyclic) bond motifs is 1. The van der Waals surface area contributed by atoms with Gasteiger partial charge in [0.2, 0.25) is 11.8 Å². The zero-order valence-electron chi connectivity index (χ0n) is 13.7. The molecule has 1 aromatic carbocycles. The Labute approximate surface area is 153 Å². The van der Waals surface area contributed by atoms with Crippen LogP contribution in [-0.2, 0) is 11.3 Å². The monoisotopic (exact) mass is 370 g/mol. The Morgan fingerprint density at radius 2 is 2.00 bits per heavy atom. The molecule has 1 saturated heterocycles. The van der Waals surface area contributed by atoms with E-state index in [1.54, 1.807) is 35.2 Å². The number of carbonyl (C=O) groups is 1. The van der Waals surface area contributed by atoms with Gasteiger partial charge in [0.05, 0.1) is 35.3 Å². The van der Waals surface area contributed by atoms with Gasteiger partial charge in [-0.25, -0.2) is 9.97 Å². The molecule has 3 aromatic rings. The maximum Gasteiger partial charge on any atom is 0.261 e. The summed E-state index contributed by atoms with van der Waals surface area (Å²) in [6.45, 7) is 0.875. The Kier molecular flexibility index (Phi) is 4.30. The molecule has 1 fully saturated rings. The molecule has 0 atom stereocenters. The molecule has 0 unspecified atom stereocenters. The first-order valence-electron chi connectivity index (χ1n) is 8.10. The van der Waals surface area contributed by atoms with Crippen molar-refractivity contribution in [3.8, 4) is 5.88 Å². The van der Waals surface area contributed by atoms with Crippen LogP contribution in [0.15, 0.2) is 53.7 Å². The molecule has 1 aliphatic heterocycles. The lowest BCUT2D eigenvalue weighted by Gasteiger charge is -2.38. The summed E-state index contributed by atoms with van der Waals surface area (Å²) in [4.78, 5) is 34.7. The number of amides is 1. The summed E-state index contributed by atoms with van der Waals surface area (Å²) in [5.74, 6) is 0.328. The minimum absolute atomic E-state index is 0.0391. The van der Waals surface area contributed by atoms with E-state index in [1.807, 2.05) is 6.07 Å². The number of hydrogen-bond acceptors (Lipinski definition) is 5. The number of para-hydroxylation sites is 1. The lowest BCUT2D eigenvalue weighted by molar-refractivity contribution is -0.140. The molecule has 26 heavy (non-hydrogen) atoms. The average molecular weight is 371 g/mol. The van der Waals surface area contributed by atoms with Crippen molar-refractivity contribution >= 4 is 28.4 Å². The maximum absolute atomic E-state index is 12.4. The summed E-state index contributed by atoms with van der Waals surface area (Å²) in [7, 11) is 0. The normalized spacial score (nSPS) is 14.3. The molecule has 1 amide bonds. The predicted octanol–water partition coefficient (Wildman–Crippen LogP) is 1.73. The Hall–Kier alpha value is -2.93. The van der Waals surface area contributed by atoms with Crippen LogP contribution < -0.4 is 10.3 Å². The molecule has 2 aromatic heterocycles. The third-order valence-electron chi connectivity index (χ3n) is 4.23. The van der Waals surface area contributed by atoms with Gasteiger partial charge in [-0.05, 0) is 18.2 Å². The number of benzene rings is 1. The molecule has 0 spiro atoms. The van der Waals surface area contributed by atoms with Gasteiger partial charge in [0.15, 0.2) is 0 Å². The first-order chi connectivity index (χ1) is 12.6. The van der Waals surface area contributed by atoms with Gasteiger partial charge in [-0.3, -0.25) is 14.2 Å². The first kappa shape index (κ1) is 16.5. The minimum atomic E-state index is -0.220. The number of aromatic nitrogens is 3. The summed E-state index contributed by atoms with van der Waals surface area (Å²) in [5, 5.41) is 1.04. The van der Waals surface area contributed by atoms with Crippen molar-refractivity contribution in [2.45, 2.75) is 12.6 Å². The Bertz CT molecular complexity index is 1010. The van der Waals surface area contributed by atoms with Crippen molar-refractivity contribution in [2.75, 3.05) is 13.1 Å². The van der Waals surface area contributed by atoms with Crippen LogP contribution in [-0.4, -0.2) is 44.5 Å². The van der Waals surface area contributed by atoms with E-state index in [4.69, 9.17) is 16.3 Å². The fraction of sp³-hybridized carbons (Fsp3) is 0.222. The van der Waals surface area contributed by atoms with E-state index >= 15 is 0 Å². The highest BCUT2D eigenvalue weighted by molar-refractivity contribution is 6.30. The molecule has 0 N–H and O–H groups in total. The zero-order chi connectivity index (χ0) is 18.1. The van der Waals surface area contributed by atoms with Crippen molar-refractivity contribution in [1.29, 1.82) is 0 Å². The van der Waals surface area contributed by atoms with Gasteiger partial charge in [-0.1, -0.05) is 23.7 Å². The van der Waals surface area contributed by atoms with Crippen LogP contribution in [0.4, 0.5) is 0 Å². The van der Waals surface area contributed by atoms with Crippen molar-refractivity contribution in [2.24, 2.45) is 0 Å².